The van der Waals surface area contributed by atoms with E-state index in [0.29, 0.717) is 19.0 Å². The van der Waals surface area contributed by atoms with Crippen LogP contribution in [-0.4, -0.2) is 31.2 Å². The predicted molar refractivity (Wildman–Crippen MR) is 77.7 cm³/mol. The molecule has 0 aromatic carbocycles. The summed E-state index contributed by atoms with van der Waals surface area (Å²) in [6.45, 7) is 4.21. The minimum Gasteiger partial charge on any atom is -0.313 e. The molecular weight excluding hydrogens is 282 g/mol. The molecule has 0 amide bonds. The second-order valence-electron chi connectivity index (χ2n) is 4.99. The Morgan fingerprint density at radius 3 is 2.79 bits per heavy atom. The first-order valence-electron chi connectivity index (χ1n) is 6.67. The van der Waals surface area contributed by atoms with E-state index in [1.54, 1.807) is 13.1 Å². The number of sulfonamides is 1. The molecule has 1 aromatic heterocycles. The molecule has 0 aliphatic heterocycles. The molecule has 19 heavy (non-hydrogen) atoms. The van der Waals surface area contributed by atoms with Crippen molar-refractivity contribution >= 4 is 21.4 Å². The van der Waals surface area contributed by atoms with Gasteiger partial charge in [0.05, 0.1) is 11.3 Å². The van der Waals surface area contributed by atoms with Crippen LogP contribution in [-0.2, 0) is 10.0 Å². The largest absolute Gasteiger partial charge is 0.313 e. The van der Waals surface area contributed by atoms with Crippen LogP contribution in [0.15, 0.2) is 11.6 Å². The van der Waals surface area contributed by atoms with Gasteiger partial charge in [-0.05, 0) is 26.2 Å². The molecule has 1 aliphatic rings. The second kappa shape index (κ2) is 6.30. The van der Waals surface area contributed by atoms with Crippen LogP contribution in [0.3, 0.4) is 0 Å². The molecule has 1 heterocycles. The first-order valence-corrected chi connectivity index (χ1v) is 9.09. The van der Waals surface area contributed by atoms with Crippen LogP contribution in [0, 0.1) is 0 Å². The smallest absolute Gasteiger partial charge is 0.216 e. The average Bonchev–Trinajstić information content (AvgIpc) is 3.05. The predicted octanol–water partition coefficient (Wildman–Crippen LogP) is 1.65. The third kappa shape index (κ3) is 4.24. The van der Waals surface area contributed by atoms with E-state index in [-0.39, 0.29) is 6.04 Å². The molecule has 2 rings (SSSR count). The van der Waals surface area contributed by atoms with Gasteiger partial charge in [-0.15, -0.1) is 11.3 Å². The first kappa shape index (κ1) is 14.9. The monoisotopic (exact) mass is 303 g/mol. The van der Waals surface area contributed by atoms with Gasteiger partial charge in [0.2, 0.25) is 10.0 Å². The molecule has 0 bridgehead atoms. The van der Waals surface area contributed by atoms with Gasteiger partial charge in [-0.2, -0.15) is 0 Å². The van der Waals surface area contributed by atoms with E-state index < -0.39 is 15.3 Å². The van der Waals surface area contributed by atoms with Crippen molar-refractivity contribution in [2.24, 2.45) is 0 Å². The summed E-state index contributed by atoms with van der Waals surface area (Å²) >= 11 is 1.48. The van der Waals surface area contributed by atoms with Crippen LogP contribution in [0.4, 0.5) is 0 Å². The van der Waals surface area contributed by atoms with Crippen molar-refractivity contribution in [3.63, 3.8) is 0 Å². The van der Waals surface area contributed by atoms with E-state index in [0.717, 1.165) is 17.8 Å². The molecule has 2 N–H and O–H groups in total. The average molecular weight is 303 g/mol. The summed E-state index contributed by atoms with van der Waals surface area (Å²) < 4.78 is 27.3. The highest BCUT2D eigenvalue weighted by molar-refractivity contribution is 7.90. The molecular formula is C12H21N3O2S2. The molecule has 1 aliphatic carbocycles. The topological polar surface area (TPSA) is 71.1 Å². The van der Waals surface area contributed by atoms with E-state index in [4.69, 9.17) is 0 Å². The van der Waals surface area contributed by atoms with Crippen molar-refractivity contribution in [3.05, 3.63) is 16.6 Å². The Balaban J connectivity index is 1.94. The summed E-state index contributed by atoms with van der Waals surface area (Å²) in [5.74, 6) is 0. The standard InChI is InChI=1S/C12H21N3O2S2/c1-3-11(12-13-6-7-18-12)15-19(16,17)9(2)8-14-10-4-5-10/h6-7,9-11,14-15H,3-5,8H2,1-2H3. The van der Waals surface area contributed by atoms with E-state index in [9.17, 15) is 8.42 Å². The maximum absolute atomic E-state index is 12.3. The van der Waals surface area contributed by atoms with Crippen molar-refractivity contribution in [3.8, 4) is 0 Å². The lowest BCUT2D eigenvalue weighted by Gasteiger charge is -2.19. The van der Waals surface area contributed by atoms with Crippen molar-refractivity contribution in [2.45, 2.75) is 50.4 Å². The minimum atomic E-state index is -3.31. The molecule has 2 unspecified atom stereocenters. The zero-order chi connectivity index (χ0) is 13.9. The van der Waals surface area contributed by atoms with Crippen LogP contribution in [0.5, 0.6) is 0 Å². The Morgan fingerprint density at radius 1 is 1.53 bits per heavy atom. The van der Waals surface area contributed by atoms with Crippen LogP contribution in [0.1, 0.15) is 44.2 Å². The minimum absolute atomic E-state index is 0.214. The summed E-state index contributed by atoms with van der Waals surface area (Å²) in [6, 6.07) is 0.312. The summed E-state index contributed by atoms with van der Waals surface area (Å²) in [5, 5.41) is 5.52. The van der Waals surface area contributed by atoms with Gasteiger partial charge in [-0.1, -0.05) is 6.92 Å². The lowest BCUT2D eigenvalue weighted by molar-refractivity contribution is 0.530. The van der Waals surface area contributed by atoms with E-state index in [1.807, 2.05) is 12.3 Å². The van der Waals surface area contributed by atoms with Crippen molar-refractivity contribution in [1.29, 1.82) is 0 Å². The third-order valence-electron chi connectivity index (χ3n) is 3.27. The molecule has 0 spiro atoms. The molecule has 0 saturated heterocycles. The van der Waals surface area contributed by atoms with Gasteiger partial charge in [0.1, 0.15) is 5.01 Å². The summed E-state index contributed by atoms with van der Waals surface area (Å²) in [7, 11) is -3.31. The highest BCUT2D eigenvalue weighted by Gasteiger charge is 2.28. The molecule has 1 fully saturated rings. The fourth-order valence-electron chi connectivity index (χ4n) is 1.76. The lowest BCUT2D eigenvalue weighted by atomic mass is 10.3. The number of thiazole rings is 1. The Bertz CT molecular complexity index is 483. The van der Waals surface area contributed by atoms with Gasteiger partial charge in [-0.3, -0.25) is 0 Å². The third-order valence-corrected chi connectivity index (χ3v) is 5.99. The Morgan fingerprint density at radius 2 is 2.26 bits per heavy atom. The van der Waals surface area contributed by atoms with E-state index in [1.165, 1.54) is 11.3 Å². The van der Waals surface area contributed by atoms with Crippen LogP contribution in [0.2, 0.25) is 0 Å². The van der Waals surface area contributed by atoms with Gasteiger partial charge >= 0.3 is 0 Å². The number of nitrogens with zero attached hydrogens (tertiary/aromatic N) is 1. The zero-order valence-corrected chi connectivity index (χ0v) is 12.9. The van der Waals surface area contributed by atoms with E-state index >= 15 is 0 Å². The highest BCUT2D eigenvalue weighted by Crippen LogP contribution is 2.21. The second-order valence-corrected chi connectivity index (χ2v) is 8.04. The molecule has 108 valence electrons. The number of aromatic nitrogens is 1. The normalized spacial score (nSPS) is 19.3. The van der Waals surface area contributed by atoms with Crippen molar-refractivity contribution < 1.29 is 8.42 Å². The van der Waals surface area contributed by atoms with Gasteiger partial charge in [0.15, 0.2) is 0 Å². The highest BCUT2D eigenvalue weighted by atomic mass is 32.2. The fraction of sp³-hybridized carbons (Fsp3) is 0.750. The Labute approximate surface area is 118 Å². The van der Waals surface area contributed by atoms with Gasteiger partial charge in [-0.25, -0.2) is 18.1 Å². The molecule has 2 atom stereocenters. The van der Waals surface area contributed by atoms with Crippen molar-refractivity contribution in [2.75, 3.05) is 6.54 Å². The van der Waals surface area contributed by atoms with Gasteiger partial charge < -0.3 is 5.32 Å². The van der Waals surface area contributed by atoms with E-state index in [2.05, 4.69) is 15.0 Å². The maximum Gasteiger partial charge on any atom is 0.216 e. The lowest BCUT2D eigenvalue weighted by Crippen LogP contribution is -2.41. The Kier molecular flexibility index (Phi) is 4.94. The SMILES string of the molecule is CCC(NS(=O)(=O)C(C)CNC1CC1)c1nccs1. The number of nitrogens with one attached hydrogen (secondary N) is 2. The molecule has 1 saturated carbocycles. The summed E-state index contributed by atoms with van der Waals surface area (Å²) in [6.07, 6.45) is 4.73. The van der Waals surface area contributed by atoms with Gasteiger partial charge in [0.25, 0.3) is 0 Å². The van der Waals surface area contributed by atoms with Crippen LogP contribution < -0.4 is 10.0 Å². The molecule has 0 radical (unpaired) electrons. The Hall–Kier alpha value is -0.500. The molecule has 5 nitrogen and oxygen atoms in total. The summed E-state index contributed by atoms with van der Waals surface area (Å²) in [4.78, 5) is 4.19. The summed E-state index contributed by atoms with van der Waals surface area (Å²) in [5.41, 5.74) is 0. The number of rotatable bonds is 8. The van der Waals surface area contributed by atoms with Crippen LogP contribution >= 0.6 is 11.3 Å². The van der Waals surface area contributed by atoms with Crippen LogP contribution in [0.25, 0.3) is 0 Å². The van der Waals surface area contributed by atoms with Gasteiger partial charge in [0, 0.05) is 24.2 Å². The quantitative estimate of drug-likeness (QED) is 0.766. The number of hydrogen-bond acceptors (Lipinski definition) is 5. The fourth-order valence-corrected chi connectivity index (χ4v) is 3.83. The maximum atomic E-state index is 12.3. The first-order chi connectivity index (χ1) is 9.03. The molecule has 1 aromatic rings. The number of hydrogen-bond donors (Lipinski definition) is 2. The zero-order valence-electron chi connectivity index (χ0n) is 11.3. The molecule has 7 heteroatoms. The van der Waals surface area contributed by atoms with Crippen molar-refractivity contribution in [1.82, 2.24) is 15.0 Å².